The van der Waals surface area contributed by atoms with Crippen molar-refractivity contribution >= 4 is 17.8 Å². The Bertz CT molecular complexity index is 789. The highest BCUT2D eigenvalue weighted by molar-refractivity contribution is 5.93. The van der Waals surface area contributed by atoms with Crippen molar-refractivity contribution in [2.45, 2.75) is 39.0 Å². The maximum absolute atomic E-state index is 12.3. The molecule has 2 amide bonds. The van der Waals surface area contributed by atoms with Gasteiger partial charge in [-0.1, -0.05) is 13.8 Å². The van der Waals surface area contributed by atoms with Crippen LogP contribution in [0.1, 0.15) is 37.0 Å². The van der Waals surface area contributed by atoms with E-state index in [1.165, 1.54) is 0 Å². The number of fused-ring (bicyclic) bond motifs is 1. The fourth-order valence-electron chi connectivity index (χ4n) is 3.61. The molecule has 2 fully saturated rings. The number of halogens is 3. The predicted molar refractivity (Wildman–Crippen MR) is 108 cm³/mol. The second-order valence-corrected chi connectivity index (χ2v) is 8.28. The summed E-state index contributed by atoms with van der Waals surface area (Å²) in [6.45, 7) is 6.93. The number of ether oxygens (including phenoxy) is 1. The summed E-state index contributed by atoms with van der Waals surface area (Å²) in [6.07, 6.45) is -0.220. The topological polar surface area (TPSA) is 109 Å². The second-order valence-electron chi connectivity index (χ2n) is 8.28. The minimum absolute atomic E-state index is 0.112. The van der Waals surface area contributed by atoms with E-state index in [9.17, 15) is 22.8 Å². The Balaban J connectivity index is 0.000000451. The molecule has 3 atom stereocenters. The van der Waals surface area contributed by atoms with Crippen LogP contribution in [0.15, 0.2) is 24.5 Å². The van der Waals surface area contributed by atoms with E-state index in [0.717, 1.165) is 13.0 Å². The molecular weight excluding hydrogens is 431 g/mol. The maximum Gasteiger partial charge on any atom is 0.490 e. The van der Waals surface area contributed by atoms with Gasteiger partial charge in [-0.15, -0.1) is 0 Å². The standard InChI is InChI=1S/C19H27N3O3.C2HF3O2/c1-13(2)5-6-18(23)22-10-16-15(12-25-17(16)11-22)9-21-19(24)14-4-3-7-20-8-14;3-2(4,5)1(6)7/h3-4,7-8,13,15-17H,5-6,9-12H2,1-2H3,(H,21,24);(H,6,7)/t15-,16-,17-;/m1./s1. The lowest BCUT2D eigenvalue weighted by Crippen LogP contribution is -2.35. The van der Waals surface area contributed by atoms with E-state index in [4.69, 9.17) is 14.6 Å². The summed E-state index contributed by atoms with van der Waals surface area (Å²) in [5, 5.41) is 10.1. The van der Waals surface area contributed by atoms with Crippen LogP contribution in [0, 0.1) is 17.8 Å². The van der Waals surface area contributed by atoms with Crippen LogP contribution in [-0.2, 0) is 14.3 Å². The van der Waals surface area contributed by atoms with E-state index in [-0.39, 0.29) is 23.8 Å². The number of carbonyl (C=O) groups excluding carboxylic acids is 2. The van der Waals surface area contributed by atoms with Crippen LogP contribution in [0.3, 0.4) is 0 Å². The first-order valence-corrected chi connectivity index (χ1v) is 10.4. The Morgan fingerprint density at radius 3 is 2.56 bits per heavy atom. The number of hydrogen-bond donors (Lipinski definition) is 2. The number of hydrogen-bond acceptors (Lipinski definition) is 5. The van der Waals surface area contributed by atoms with Gasteiger partial charge >= 0.3 is 12.1 Å². The largest absolute Gasteiger partial charge is 0.490 e. The Hall–Kier alpha value is -2.69. The molecule has 2 saturated heterocycles. The number of nitrogens with one attached hydrogen (secondary N) is 1. The second kappa shape index (κ2) is 11.3. The molecule has 2 aliphatic rings. The van der Waals surface area contributed by atoms with Crippen LogP contribution in [0.25, 0.3) is 0 Å². The summed E-state index contributed by atoms with van der Waals surface area (Å²) in [6, 6.07) is 3.50. The average molecular weight is 459 g/mol. The van der Waals surface area contributed by atoms with Gasteiger partial charge in [0.15, 0.2) is 0 Å². The average Bonchev–Trinajstić information content (AvgIpc) is 3.32. The molecule has 0 aliphatic carbocycles. The quantitative estimate of drug-likeness (QED) is 0.676. The monoisotopic (exact) mass is 459 g/mol. The number of likely N-dealkylation sites (tertiary alicyclic amines) is 1. The minimum Gasteiger partial charge on any atom is -0.475 e. The van der Waals surface area contributed by atoms with E-state index in [0.29, 0.717) is 43.5 Å². The molecule has 0 saturated carbocycles. The first kappa shape index (κ1) is 25.6. The highest BCUT2D eigenvalue weighted by Crippen LogP contribution is 2.33. The number of pyridine rings is 1. The Morgan fingerprint density at radius 1 is 1.31 bits per heavy atom. The molecule has 1 aromatic rings. The van der Waals surface area contributed by atoms with Crippen molar-refractivity contribution in [1.29, 1.82) is 0 Å². The number of amides is 2. The fourth-order valence-corrected chi connectivity index (χ4v) is 3.61. The highest BCUT2D eigenvalue weighted by Gasteiger charge is 2.45. The van der Waals surface area contributed by atoms with E-state index in [1.807, 2.05) is 4.90 Å². The zero-order valence-corrected chi connectivity index (χ0v) is 18.0. The van der Waals surface area contributed by atoms with Crippen molar-refractivity contribution < 1.29 is 37.4 Å². The first-order chi connectivity index (χ1) is 15.0. The van der Waals surface area contributed by atoms with Crippen LogP contribution in [0.4, 0.5) is 13.2 Å². The number of carbonyl (C=O) groups is 3. The van der Waals surface area contributed by atoms with Gasteiger partial charge in [0.05, 0.1) is 18.3 Å². The van der Waals surface area contributed by atoms with Crippen molar-refractivity contribution in [3.63, 3.8) is 0 Å². The normalized spacial score (nSPS) is 22.2. The molecule has 2 N–H and O–H groups in total. The SMILES string of the molecule is CC(C)CCC(=O)N1C[C@@H]2[C@H](CNC(=O)c3cccnc3)CO[C@@H]2C1.O=C(O)C(F)(F)F. The van der Waals surface area contributed by atoms with Gasteiger partial charge in [-0.05, 0) is 24.5 Å². The van der Waals surface area contributed by atoms with Gasteiger partial charge in [0.1, 0.15) is 0 Å². The first-order valence-electron chi connectivity index (χ1n) is 10.4. The number of nitrogens with zero attached hydrogens (tertiary/aromatic N) is 2. The summed E-state index contributed by atoms with van der Waals surface area (Å²) in [5.74, 6) is -1.53. The number of alkyl halides is 3. The van der Waals surface area contributed by atoms with Gasteiger partial charge in [0.2, 0.25) is 5.91 Å². The van der Waals surface area contributed by atoms with Crippen LogP contribution >= 0.6 is 0 Å². The van der Waals surface area contributed by atoms with Crippen molar-refractivity contribution in [2.75, 3.05) is 26.2 Å². The van der Waals surface area contributed by atoms with Crippen LogP contribution in [0.5, 0.6) is 0 Å². The van der Waals surface area contributed by atoms with Crippen molar-refractivity contribution in [3.8, 4) is 0 Å². The van der Waals surface area contributed by atoms with E-state index in [1.54, 1.807) is 24.5 Å². The number of aliphatic carboxylic acids is 1. The zero-order valence-electron chi connectivity index (χ0n) is 18.0. The molecule has 0 aromatic carbocycles. The summed E-state index contributed by atoms with van der Waals surface area (Å²) >= 11 is 0. The Labute approximate surface area is 184 Å². The van der Waals surface area contributed by atoms with Crippen molar-refractivity contribution in [3.05, 3.63) is 30.1 Å². The van der Waals surface area contributed by atoms with E-state index < -0.39 is 12.1 Å². The summed E-state index contributed by atoms with van der Waals surface area (Å²) in [5.41, 5.74) is 0.565. The molecule has 3 rings (SSSR count). The van der Waals surface area contributed by atoms with Gasteiger partial charge in [0.25, 0.3) is 5.91 Å². The van der Waals surface area contributed by atoms with Gasteiger partial charge in [-0.3, -0.25) is 14.6 Å². The lowest BCUT2D eigenvalue weighted by atomic mass is 9.93. The van der Waals surface area contributed by atoms with Gasteiger partial charge in [0, 0.05) is 50.3 Å². The Morgan fingerprint density at radius 2 is 2.00 bits per heavy atom. The summed E-state index contributed by atoms with van der Waals surface area (Å²) < 4.78 is 37.6. The summed E-state index contributed by atoms with van der Waals surface area (Å²) in [4.78, 5) is 39.3. The van der Waals surface area contributed by atoms with Crippen LogP contribution in [0.2, 0.25) is 0 Å². The van der Waals surface area contributed by atoms with E-state index in [2.05, 4.69) is 24.1 Å². The zero-order chi connectivity index (χ0) is 23.9. The minimum atomic E-state index is -5.08. The lowest BCUT2D eigenvalue weighted by Gasteiger charge is -2.20. The number of carboxylic acids is 1. The van der Waals surface area contributed by atoms with Crippen LogP contribution < -0.4 is 5.32 Å². The number of rotatable bonds is 6. The molecule has 0 bridgehead atoms. The van der Waals surface area contributed by atoms with Crippen molar-refractivity contribution in [2.24, 2.45) is 17.8 Å². The maximum atomic E-state index is 12.3. The lowest BCUT2D eigenvalue weighted by molar-refractivity contribution is -0.192. The molecule has 1 aromatic heterocycles. The molecule has 11 heteroatoms. The van der Waals surface area contributed by atoms with Gasteiger partial charge in [-0.2, -0.15) is 13.2 Å². The molecule has 8 nitrogen and oxygen atoms in total. The molecule has 32 heavy (non-hydrogen) atoms. The molecule has 2 aliphatic heterocycles. The summed E-state index contributed by atoms with van der Waals surface area (Å²) in [7, 11) is 0. The number of aromatic nitrogens is 1. The highest BCUT2D eigenvalue weighted by atomic mass is 19.4. The van der Waals surface area contributed by atoms with Gasteiger partial charge in [-0.25, -0.2) is 4.79 Å². The smallest absolute Gasteiger partial charge is 0.475 e. The Kier molecular flexibility index (Phi) is 8.99. The molecular formula is C21H28F3N3O5. The molecule has 0 spiro atoms. The number of carboxylic acid groups (broad SMARTS) is 1. The molecule has 0 unspecified atom stereocenters. The third-order valence-electron chi connectivity index (χ3n) is 5.42. The predicted octanol–water partition coefficient (Wildman–Crippen LogP) is 2.35. The third kappa shape index (κ3) is 7.47. The van der Waals surface area contributed by atoms with Crippen LogP contribution in [-0.4, -0.2) is 71.3 Å². The van der Waals surface area contributed by atoms with E-state index >= 15 is 0 Å². The van der Waals surface area contributed by atoms with Gasteiger partial charge < -0.3 is 20.1 Å². The fraction of sp³-hybridized carbons (Fsp3) is 0.619. The molecule has 3 heterocycles. The molecule has 178 valence electrons. The van der Waals surface area contributed by atoms with Crippen molar-refractivity contribution in [1.82, 2.24) is 15.2 Å². The third-order valence-corrected chi connectivity index (χ3v) is 5.42. The molecule has 0 radical (unpaired) electrons.